The molecule has 0 spiro atoms. The van der Waals surface area contributed by atoms with Crippen molar-refractivity contribution in [1.29, 1.82) is 0 Å². The zero-order valence-corrected chi connectivity index (χ0v) is 11.2. The fourth-order valence-corrected chi connectivity index (χ4v) is 2.08. The molecule has 0 aromatic heterocycles. The molecule has 16 heavy (non-hydrogen) atoms. The monoisotopic (exact) mass is 304 g/mol. The first-order valence-corrected chi connectivity index (χ1v) is 6.77. The lowest BCUT2D eigenvalue weighted by Gasteiger charge is -2.09. The van der Waals surface area contributed by atoms with Gasteiger partial charge in [0.25, 0.3) is 0 Å². The van der Waals surface area contributed by atoms with Crippen LogP contribution in [0, 0.1) is 5.82 Å². The van der Waals surface area contributed by atoms with Crippen molar-refractivity contribution in [1.82, 2.24) is 0 Å². The number of nitrogen functional groups attached to an aromatic ring is 1. The van der Waals surface area contributed by atoms with Crippen molar-refractivity contribution in [2.75, 3.05) is 29.1 Å². The van der Waals surface area contributed by atoms with Gasteiger partial charge in [0.05, 0.1) is 15.8 Å². The number of hydrogen-bond donors (Lipinski definition) is 2. The number of halogens is 2. The molecule has 0 bridgehead atoms. The molecule has 0 unspecified atom stereocenters. The van der Waals surface area contributed by atoms with Crippen LogP contribution in [0.1, 0.15) is 0 Å². The van der Waals surface area contributed by atoms with E-state index in [-0.39, 0.29) is 5.82 Å². The first-order chi connectivity index (χ1) is 7.65. The predicted octanol–water partition coefficient (Wildman–Crippen LogP) is 3.50. The molecule has 1 aromatic carbocycles. The van der Waals surface area contributed by atoms with Crippen LogP contribution in [0.2, 0.25) is 0 Å². The van der Waals surface area contributed by atoms with E-state index in [1.165, 1.54) is 6.07 Å². The Kier molecular flexibility index (Phi) is 5.69. The summed E-state index contributed by atoms with van der Waals surface area (Å²) in [5.74, 6) is 1.55. The first-order valence-electron chi connectivity index (χ1n) is 4.82. The van der Waals surface area contributed by atoms with E-state index in [2.05, 4.69) is 27.8 Å². The highest BCUT2D eigenvalue weighted by atomic mass is 79.9. The molecule has 1 aromatic rings. The van der Waals surface area contributed by atoms with Crippen molar-refractivity contribution < 1.29 is 4.39 Å². The average molecular weight is 305 g/mol. The summed E-state index contributed by atoms with van der Waals surface area (Å²) in [6, 6.07) is 2.96. The highest BCUT2D eigenvalue weighted by molar-refractivity contribution is 9.10. The standard InChI is InChI=1S/C11H14BrFN2S/c1-2-4-16-5-3-15-11-7-9(13)8(12)6-10(11)14/h2,6-7,15H,1,3-5,14H2. The lowest BCUT2D eigenvalue weighted by molar-refractivity contribution is 0.622. The molecule has 3 N–H and O–H groups in total. The van der Waals surface area contributed by atoms with Crippen LogP contribution in [0.25, 0.3) is 0 Å². The Balaban J connectivity index is 2.47. The molecule has 5 heteroatoms. The van der Waals surface area contributed by atoms with E-state index in [0.717, 1.165) is 18.1 Å². The van der Waals surface area contributed by atoms with Crippen LogP contribution in [0.5, 0.6) is 0 Å². The van der Waals surface area contributed by atoms with Gasteiger partial charge in [0.2, 0.25) is 0 Å². The molecule has 0 atom stereocenters. The molecule has 88 valence electrons. The summed E-state index contributed by atoms with van der Waals surface area (Å²) in [6.45, 7) is 4.39. The maximum absolute atomic E-state index is 13.2. The summed E-state index contributed by atoms with van der Waals surface area (Å²) in [5, 5.41) is 3.10. The molecular formula is C11H14BrFN2S. The summed E-state index contributed by atoms with van der Waals surface area (Å²) in [4.78, 5) is 0. The van der Waals surface area contributed by atoms with Gasteiger partial charge >= 0.3 is 0 Å². The van der Waals surface area contributed by atoms with E-state index in [4.69, 9.17) is 5.73 Å². The number of benzene rings is 1. The summed E-state index contributed by atoms with van der Waals surface area (Å²) in [5.41, 5.74) is 6.93. The molecular weight excluding hydrogens is 291 g/mol. The van der Waals surface area contributed by atoms with Crippen LogP contribution in [0.3, 0.4) is 0 Å². The molecule has 0 saturated heterocycles. The van der Waals surface area contributed by atoms with Gasteiger partial charge in [0.15, 0.2) is 0 Å². The Hall–Kier alpha value is -0.680. The van der Waals surface area contributed by atoms with Gasteiger partial charge in [-0.3, -0.25) is 0 Å². The molecule has 0 aliphatic carbocycles. The minimum Gasteiger partial charge on any atom is -0.397 e. The highest BCUT2D eigenvalue weighted by Gasteiger charge is 2.04. The van der Waals surface area contributed by atoms with Crippen LogP contribution < -0.4 is 11.1 Å². The minimum atomic E-state index is -0.310. The number of rotatable bonds is 6. The van der Waals surface area contributed by atoms with Crippen LogP contribution in [-0.2, 0) is 0 Å². The van der Waals surface area contributed by atoms with Crippen molar-refractivity contribution in [3.63, 3.8) is 0 Å². The lowest BCUT2D eigenvalue weighted by Crippen LogP contribution is -2.07. The summed E-state index contributed by atoms with van der Waals surface area (Å²) < 4.78 is 13.6. The third-order valence-electron chi connectivity index (χ3n) is 1.89. The third-order valence-corrected chi connectivity index (χ3v) is 3.46. The molecule has 0 aliphatic rings. The normalized spacial score (nSPS) is 10.1. The summed E-state index contributed by atoms with van der Waals surface area (Å²) in [7, 11) is 0. The van der Waals surface area contributed by atoms with Gasteiger partial charge in [0, 0.05) is 24.1 Å². The Morgan fingerprint density at radius 3 is 3.00 bits per heavy atom. The molecule has 0 heterocycles. The van der Waals surface area contributed by atoms with Gasteiger partial charge in [-0.2, -0.15) is 11.8 Å². The van der Waals surface area contributed by atoms with Crippen molar-refractivity contribution in [3.8, 4) is 0 Å². The molecule has 0 aliphatic heterocycles. The Morgan fingerprint density at radius 1 is 1.56 bits per heavy atom. The topological polar surface area (TPSA) is 38.0 Å². The second kappa shape index (κ2) is 6.81. The molecule has 1 rings (SSSR count). The minimum absolute atomic E-state index is 0.310. The van der Waals surface area contributed by atoms with E-state index in [9.17, 15) is 4.39 Å². The van der Waals surface area contributed by atoms with Crippen molar-refractivity contribution in [2.24, 2.45) is 0 Å². The van der Waals surface area contributed by atoms with E-state index in [1.807, 2.05) is 6.08 Å². The number of nitrogens with one attached hydrogen (secondary N) is 1. The van der Waals surface area contributed by atoms with E-state index < -0.39 is 0 Å². The molecule has 0 saturated carbocycles. The number of hydrogen-bond acceptors (Lipinski definition) is 3. The quantitative estimate of drug-likeness (QED) is 0.480. The molecule has 2 nitrogen and oxygen atoms in total. The zero-order valence-electron chi connectivity index (χ0n) is 8.80. The lowest BCUT2D eigenvalue weighted by atomic mass is 10.2. The number of thioether (sulfide) groups is 1. The smallest absolute Gasteiger partial charge is 0.139 e. The Bertz CT molecular complexity index is 371. The van der Waals surface area contributed by atoms with Crippen LogP contribution >= 0.6 is 27.7 Å². The molecule has 0 radical (unpaired) electrons. The second-order valence-corrected chi connectivity index (χ2v) is 5.15. The Morgan fingerprint density at radius 2 is 2.31 bits per heavy atom. The Labute approximate surface area is 108 Å². The second-order valence-electron chi connectivity index (χ2n) is 3.14. The van der Waals surface area contributed by atoms with E-state index in [0.29, 0.717) is 15.8 Å². The van der Waals surface area contributed by atoms with Gasteiger partial charge in [-0.1, -0.05) is 6.08 Å². The fraction of sp³-hybridized carbons (Fsp3) is 0.273. The van der Waals surface area contributed by atoms with Gasteiger partial charge in [-0.15, -0.1) is 6.58 Å². The molecule has 0 fully saturated rings. The summed E-state index contributed by atoms with van der Waals surface area (Å²) in [6.07, 6.45) is 1.86. The largest absolute Gasteiger partial charge is 0.397 e. The van der Waals surface area contributed by atoms with Crippen molar-refractivity contribution in [2.45, 2.75) is 0 Å². The summed E-state index contributed by atoms with van der Waals surface area (Å²) >= 11 is 4.85. The van der Waals surface area contributed by atoms with Crippen LogP contribution in [0.4, 0.5) is 15.8 Å². The maximum Gasteiger partial charge on any atom is 0.139 e. The average Bonchev–Trinajstić information content (AvgIpc) is 2.25. The SMILES string of the molecule is C=CCSCCNc1cc(F)c(Br)cc1N. The van der Waals surface area contributed by atoms with E-state index >= 15 is 0 Å². The first kappa shape index (κ1) is 13.4. The predicted molar refractivity (Wildman–Crippen MR) is 74.5 cm³/mol. The third kappa shape index (κ3) is 4.06. The van der Waals surface area contributed by atoms with Gasteiger partial charge in [-0.25, -0.2) is 4.39 Å². The van der Waals surface area contributed by atoms with Crippen molar-refractivity contribution >= 4 is 39.1 Å². The van der Waals surface area contributed by atoms with Crippen LogP contribution in [0.15, 0.2) is 29.3 Å². The van der Waals surface area contributed by atoms with E-state index in [1.54, 1.807) is 17.8 Å². The zero-order chi connectivity index (χ0) is 12.0. The van der Waals surface area contributed by atoms with Gasteiger partial charge < -0.3 is 11.1 Å². The molecule has 0 amide bonds. The fourth-order valence-electron chi connectivity index (χ4n) is 1.14. The maximum atomic E-state index is 13.2. The van der Waals surface area contributed by atoms with Gasteiger partial charge in [0.1, 0.15) is 5.82 Å². The van der Waals surface area contributed by atoms with Crippen LogP contribution in [-0.4, -0.2) is 18.1 Å². The number of anilines is 2. The number of nitrogens with two attached hydrogens (primary N) is 1. The van der Waals surface area contributed by atoms with Gasteiger partial charge in [-0.05, 0) is 22.0 Å². The highest BCUT2D eigenvalue weighted by Crippen LogP contribution is 2.26. The van der Waals surface area contributed by atoms with Crippen molar-refractivity contribution in [3.05, 3.63) is 35.1 Å².